The molecule has 1 nitrogen and oxygen atoms in total. The standard InChI is InChI=1S/C19H24ClN/c1-5-13(2)15-6-8-16(9-7-15)19(21-4)17-10-11-18(20)14(3)12-17/h6-13,19,21H,5H2,1-4H3. The summed E-state index contributed by atoms with van der Waals surface area (Å²) in [5.74, 6) is 0.616. The molecule has 0 aliphatic rings. The second-order valence-electron chi connectivity index (χ2n) is 5.71. The molecule has 0 saturated heterocycles. The Morgan fingerprint density at radius 1 is 1.00 bits per heavy atom. The van der Waals surface area contributed by atoms with Crippen molar-refractivity contribution in [1.29, 1.82) is 0 Å². The number of benzene rings is 2. The summed E-state index contributed by atoms with van der Waals surface area (Å²) >= 11 is 6.13. The van der Waals surface area contributed by atoms with Crippen molar-refractivity contribution in [3.8, 4) is 0 Å². The van der Waals surface area contributed by atoms with Gasteiger partial charge in [-0.3, -0.25) is 0 Å². The molecule has 0 bridgehead atoms. The zero-order valence-electron chi connectivity index (χ0n) is 13.3. The van der Waals surface area contributed by atoms with E-state index >= 15 is 0 Å². The highest BCUT2D eigenvalue weighted by Crippen LogP contribution is 2.27. The van der Waals surface area contributed by atoms with Crippen LogP contribution in [0.2, 0.25) is 5.02 Å². The third-order valence-electron chi connectivity index (χ3n) is 4.26. The normalized spacial score (nSPS) is 14.0. The zero-order chi connectivity index (χ0) is 15.4. The Morgan fingerprint density at radius 2 is 1.57 bits per heavy atom. The van der Waals surface area contributed by atoms with E-state index in [2.05, 4.69) is 55.6 Å². The van der Waals surface area contributed by atoms with Crippen molar-refractivity contribution in [2.75, 3.05) is 7.05 Å². The van der Waals surface area contributed by atoms with Gasteiger partial charge in [0.2, 0.25) is 0 Å². The SMILES string of the molecule is CCC(C)c1ccc(C(NC)c2ccc(Cl)c(C)c2)cc1. The van der Waals surface area contributed by atoms with Crippen molar-refractivity contribution in [3.63, 3.8) is 0 Å². The number of nitrogens with one attached hydrogen (secondary N) is 1. The summed E-state index contributed by atoms with van der Waals surface area (Å²) in [7, 11) is 2.00. The molecule has 0 amide bonds. The summed E-state index contributed by atoms with van der Waals surface area (Å²) < 4.78 is 0. The third kappa shape index (κ3) is 3.66. The fourth-order valence-electron chi connectivity index (χ4n) is 2.63. The first kappa shape index (κ1) is 16.1. The molecular formula is C19H24ClN. The summed E-state index contributed by atoms with van der Waals surface area (Å²) in [5, 5.41) is 4.22. The molecule has 1 N–H and O–H groups in total. The maximum absolute atomic E-state index is 6.13. The van der Waals surface area contributed by atoms with Gasteiger partial charge >= 0.3 is 0 Å². The van der Waals surface area contributed by atoms with E-state index in [-0.39, 0.29) is 6.04 Å². The van der Waals surface area contributed by atoms with Crippen LogP contribution in [-0.2, 0) is 0 Å². The Hall–Kier alpha value is -1.31. The van der Waals surface area contributed by atoms with Crippen LogP contribution in [0.15, 0.2) is 42.5 Å². The highest BCUT2D eigenvalue weighted by molar-refractivity contribution is 6.31. The first-order chi connectivity index (χ1) is 10.1. The largest absolute Gasteiger partial charge is 0.309 e. The van der Waals surface area contributed by atoms with Crippen molar-refractivity contribution in [3.05, 3.63) is 69.7 Å². The van der Waals surface area contributed by atoms with E-state index in [1.54, 1.807) is 0 Å². The molecular weight excluding hydrogens is 278 g/mol. The zero-order valence-corrected chi connectivity index (χ0v) is 14.0. The minimum Gasteiger partial charge on any atom is -0.309 e. The van der Waals surface area contributed by atoms with Gasteiger partial charge in [0.25, 0.3) is 0 Å². The number of hydrogen-bond acceptors (Lipinski definition) is 1. The van der Waals surface area contributed by atoms with E-state index < -0.39 is 0 Å². The summed E-state index contributed by atoms with van der Waals surface area (Å²) in [5.41, 5.74) is 5.05. The van der Waals surface area contributed by atoms with Crippen LogP contribution < -0.4 is 5.32 Å². The first-order valence-corrected chi connectivity index (χ1v) is 7.97. The Balaban J connectivity index is 2.30. The van der Waals surface area contributed by atoms with Gasteiger partial charge in [-0.05, 0) is 54.6 Å². The molecule has 2 aromatic rings. The lowest BCUT2D eigenvalue weighted by Crippen LogP contribution is -2.17. The van der Waals surface area contributed by atoms with Crippen molar-refractivity contribution < 1.29 is 0 Å². The van der Waals surface area contributed by atoms with Gasteiger partial charge in [-0.15, -0.1) is 0 Å². The molecule has 0 fully saturated rings. The minimum absolute atomic E-state index is 0.201. The molecule has 2 heteroatoms. The molecule has 0 heterocycles. The van der Waals surface area contributed by atoms with Crippen molar-refractivity contribution in [2.45, 2.75) is 39.2 Å². The van der Waals surface area contributed by atoms with Gasteiger partial charge in [0.15, 0.2) is 0 Å². The van der Waals surface area contributed by atoms with Gasteiger partial charge < -0.3 is 5.32 Å². The van der Waals surface area contributed by atoms with Gasteiger partial charge in [-0.25, -0.2) is 0 Å². The molecule has 0 spiro atoms. The molecule has 0 aromatic heterocycles. The number of aryl methyl sites for hydroxylation is 1. The van der Waals surface area contributed by atoms with Gasteiger partial charge in [0.1, 0.15) is 0 Å². The summed E-state index contributed by atoms with van der Waals surface area (Å²) in [4.78, 5) is 0. The number of hydrogen-bond donors (Lipinski definition) is 1. The van der Waals surface area contributed by atoms with Gasteiger partial charge in [0.05, 0.1) is 6.04 Å². The van der Waals surface area contributed by atoms with Crippen LogP contribution >= 0.6 is 11.6 Å². The van der Waals surface area contributed by atoms with Crippen LogP contribution in [0.4, 0.5) is 0 Å². The van der Waals surface area contributed by atoms with Crippen LogP contribution in [0, 0.1) is 6.92 Å². The Labute approximate surface area is 133 Å². The molecule has 21 heavy (non-hydrogen) atoms. The van der Waals surface area contributed by atoms with Crippen LogP contribution in [0.1, 0.15) is 54.5 Å². The second kappa shape index (κ2) is 7.11. The molecule has 2 unspecified atom stereocenters. The van der Waals surface area contributed by atoms with Crippen molar-refractivity contribution >= 4 is 11.6 Å². The average molecular weight is 302 g/mol. The lowest BCUT2D eigenvalue weighted by molar-refractivity contribution is 0.688. The molecule has 112 valence electrons. The predicted octanol–water partition coefficient (Wildman–Crippen LogP) is 5.47. The summed E-state index contributed by atoms with van der Waals surface area (Å²) in [6, 6.07) is 15.4. The maximum Gasteiger partial charge on any atom is 0.0574 e. The van der Waals surface area contributed by atoms with Crippen LogP contribution in [-0.4, -0.2) is 7.05 Å². The van der Waals surface area contributed by atoms with E-state index in [9.17, 15) is 0 Å². The topological polar surface area (TPSA) is 12.0 Å². The van der Waals surface area contributed by atoms with Gasteiger partial charge in [0, 0.05) is 5.02 Å². The van der Waals surface area contributed by atoms with Crippen molar-refractivity contribution in [2.24, 2.45) is 0 Å². The van der Waals surface area contributed by atoms with Gasteiger partial charge in [-0.2, -0.15) is 0 Å². The molecule has 0 aliphatic carbocycles. The highest BCUT2D eigenvalue weighted by Gasteiger charge is 2.13. The lowest BCUT2D eigenvalue weighted by atomic mass is 9.93. The fourth-order valence-corrected chi connectivity index (χ4v) is 2.74. The molecule has 2 rings (SSSR count). The Bertz CT molecular complexity index is 589. The van der Waals surface area contributed by atoms with E-state index in [4.69, 9.17) is 11.6 Å². The Kier molecular flexibility index (Phi) is 5.44. The van der Waals surface area contributed by atoms with Crippen molar-refractivity contribution in [1.82, 2.24) is 5.32 Å². The molecule has 0 aliphatic heterocycles. The van der Waals surface area contributed by atoms with Crippen LogP contribution in [0.5, 0.6) is 0 Å². The molecule has 0 radical (unpaired) electrons. The Morgan fingerprint density at radius 3 is 2.10 bits per heavy atom. The number of rotatable bonds is 5. The maximum atomic E-state index is 6.13. The fraction of sp³-hybridized carbons (Fsp3) is 0.368. The smallest absolute Gasteiger partial charge is 0.0574 e. The average Bonchev–Trinajstić information content (AvgIpc) is 2.51. The third-order valence-corrected chi connectivity index (χ3v) is 4.68. The molecule has 2 atom stereocenters. The molecule has 2 aromatic carbocycles. The highest BCUT2D eigenvalue weighted by atomic mass is 35.5. The minimum atomic E-state index is 0.201. The van der Waals surface area contributed by atoms with E-state index in [1.807, 2.05) is 20.0 Å². The van der Waals surface area contributed by atoms with E-state index in [0.29, 0.717) is 5.92 Å². The monoisotopic (exact) mass is 301 g/mol. The number of halogens is 1. The first-order valence-electron chi connectivity index (χ1n) is 7.60. The van der Waals surface area contributed by atoms with Crippen LogP contribution in [0.25, 0.3) is 0 Å². The van der Waals surface area contributed by atoms with E-state index in [0.717, 1.165) is 10.6 Å². The summed E-state index contributed by atoms with van der Waals surface area (Å²) in [6.45, 7) is 6.54. The quantitative estimate of drug-likeness (QED) is 0.772. The van der Waals surface area contributed by atoms with Crippen LogP contribution in [0.3, 0.4) is 0 Å². The predicted molar refractivity (Wildman–Crippen MR) is 92.2 cm³/mol. The summed E-state index contributed by atoms with van der Waals surface area (Å²) in [6.07, 6.45) is 1.17. The van der Waals surface area contributed by atoms with E-state index in [1.165, 1.54) is 23.1 Å². The molecule has 0 saturated carbocycles. The second-order valence-corrected chi connectivity index (χ2v) is 6.11. The lowest BCUT2D eigenvalue weighted by Gasteiger charge is -2.19. The van der Waals surface area contributed by atoms with Gasteiger partial charge in [-0.1, -0.05) is 61.8 Å².